The highest BCUT2D eigenvalue weighted by atomic mass is 32.2. The first-order valence-corrected chi connectivity index (χ1v) is 10.9. The van der Waals surface area contributed by atoms with Crippen LogP contribution in [-0.2, 0) is 12.8 Å². The predicted octanol–water partition coefficient (Wildman–Crippen LogP) is 3.87. The van der Waals surface area contributed by atoms with Crippen LogP contribution in [0, 0.1) is 0 Å². The Morgan fingerprint density at radius 1 is 1.12 bits per heavy atom. The van der Waals surface area contributed by atoms with E-state index in [9.17, 15) is 0 Å². The Kier molecular flexibility index (Phi) is 4.53. The van der Waals surface area contributed by atoms with Gasteiger partial charge in [0.15, 0.2) is 5.16 Å². The molecule has 2 aliphatic heterocycles. The lowest BCUT2D eigenvalue weighted by molar-refractivity contribution is 0.357. The third-order valence-corrected chi connectivity index (χ3v) is 6.52. The Morgan fingerprint density at radius 2 is 2.00 bits per heavy atom. The lowest BCUT2D eigenvalue weighted by Crippen LogP contribution is -2.31. The number of anilines is 1. The van der Waals surface area contributed by atoms with Gasteiger partial charge in [0.25, 0.3) is 0 Å². The van der Waals surface area contributed by atoms with E-state index >= 15 is 0 Å². The molecule has 0 spiro atoms. The molecule has 0 amide bonds. The smallest absolute Gasteiger partial charge is 0.228 e. The van der Waals surface area contributed by atoms with Crippen LogP contribution < -0.4 is 9.64 Å². The van der Waals surface area contributed by atoms with Crippen molar-refractivity contribution in [3.63, 3.8) is 0 Å². The number of benzene rings is 1. The van der Waals surface area contributed by atoms with Gasteiger partial charge < -0.3 is 9.64 Å². The van der Waals surface area contributed by atoms with E-state index in [0.29, 0.717) is 6.04 Å². The van der Waals surface area contributed by atoms with Gasteiger partial charge in [0.2, 0.25) is 5.95 Å². The van der Waals surface area contributed by atoms with Crippen LogP contribution in [0.1, 0.15) is 49.3 Å². The fourth-order valence-electron chi connectivity index (χ4n) is 3.99. The number of aryl methyl sites for hydroxylation is 1. The van der Waals surface area contributed by atoms with Crippen molar-refractivity contribution in [2.24, 2.45) is 0 Å². The summed E-state index contributed by atoms with van der Waals surface area (Å²) in [4.78, 5) is 2.44. The third kappa shape index (κ3) is 3.31. The van der Waals surface area contributed by atoms with Gasteiger partial charge in [-0.2, -0.15) is 0 Å². The first kappa shape index (κ1) is 16.5. The zero-order valence-electron chi connectivity index (χ0n) is 15.2. The van der Waals surface area contributed by atoms with E-state index in [1.54, 1.807) is 0 Å². The van der Waals surface area contributed by atoms with Gasteiger partial charge in [-0.1, -0.05) is 23.9 Å². The summed E-state index contributed by atoms with van der Waals surface area (Å²) in [6.45, 7) is 3.09. The molecule has 3 aliphatic rings. The molecule has 0 atom stereocenters. The molecule has 0 radical (unpaired) electrons. The predicted molar refractivity (Wildman–Crippen MR) is 104 cm³/mol. The maximum atomic E-state index is 5.61. The summed E-state index contributed by atoms with van der Waals surface area (Å²) in [6.07, 6.45) is 8.57. The molecule has 0 bridgehead atoms. The summed E-state index contributed by atoms with van der Waals surface area (Å²) in [5.41, 5.74) is 2.76. The molecule has 2 aromatic rings. The lowest BCUT2D eigenvalue weighted by Gasteiger charge is -2.27. The molecule has 1 saturated heterocycles. The van der Waals surface area contributed by atoms with E-state index in [-0.39, 0.29) is 0 Å². The summed E-state index contributed by atoms with van der Waals surface area (Å²) in [5.74, 6) is 3.23. The fraction of sp³-hybridized carbons (Fsp3) is 0.600. The van der Waals surface area contributed by atoms with E-state index in [1.807, 2.05) is 11.8 Å². The number of ether oxygens (including phenoxy) is 1. The molecule has 1 aromatic heterocycles. The number of hydrogen-bond donors (Lipinski definition) is 0. The van der Waals surface area contributed by atoms with E-state index in [0.717, 1.165) is 55.1 Å². The van der Waals surface area contributed by atoms with E-state index in [1.165, 1.54) is 43.2 Å². The Balaban J connectivity index is 1.26. The Morgan fingerprint density at radius 3 is 2.85 bits per heavy atom. The number of thioether (sulfide) groups is 1. The summed E-state index contributed by atoms with van der Waals surface area (Å²) in [7, 11) is 0. The molecule has 1 aliphatic carbocycles. The summed E-state index contributed by atoms with van der Waals surface area (Å²) in [5, 5.41) is 10.2. The van der Waals surface area contributed by atoms with Gasteiger partial charge in [-0.25, -0.2) is 0 Å². The Hall–Kier alpha value is -1.69. The molecule has 1 aromatic carbocycles. The van der Waals surface area contributed by atoms with Crippen molar-refractivity contribution >= 4 is 17.7 Å². The first-order chi connectivity index (χ1) is 12.9. The fourth-order valence-corrected chi connectivity index (χ4v) is 4.97. The van der Waals surface area contributed by atoms with E-state index in [2.05, 4.69) is 37.9 Å². The van der Waals surface area contributed by atoms with Gasteiger partial charge in [-0.3, -0.25) is 4.57 Å². The van der Waals surface area contributed by atoms with Crippen LogP contribution in [0.5, 0.6) is 5.75 Å². The highest BCUT2D eigenvalue weighted by Gasteiger charge is 2.31. The highest BCUT2D eigenvalue weighted by Crippen LogP contribution is 2.41. The van der Waals surface area contributed by atoms with Crippen molar-refractivity contribution in [3.8, 4) is 5.75 Å². The molecule has 138 valence electrons. The quantitative estimate of drug-likeness (QED) is 0.722. The average Bonchev–Trinajstić information content (AvgIpc) is 3.26. The molecule has 2 fully saturated rings. The third-order valence-electron chi connectivity index (χ3n) is 5.57. The summed E-state index contributed by atoms with van der Waals surface area (Å²) < 4.78 is 8.03. The van der Waals surface area contributed by atoms with Gasteiger partial charge in [-0.15, -0.1) is 10.2 Å². The molecular weight excluding hydrogens is 344 g/mol. The van der Waals surface area contributed by atoms with Crippen LogP contribution >= 0.6 is 11.8 Å². The molecule has 3 heterocycles. The number of piperidine rings is 1. The summed E-state index contributed by atoms with van der Waals surface area (Å²) in [6, 6.07) is 7.27. The van der Waals surface area contributed by atoms with Crippen LogP contribution in [0.3, 0.4) is 0 Å². The van der Waals surface area contributed by atoms with Gasteiger partial charge in [0.05, 0.1) is 6.61 Å². The molecule has 5 rings (SSSR count). The normalized spacial score (nSPS) is 19.5. The number of hydrogen-bond acceptors (Lipinski definition) is 5. The monoisotopic (exact) mass is 370 g/mol. The second kappa shape index (κ2) is 7.14. The molecule has 5 nitrogen and oxygen atoms in total. The minimum atomic E-state index is 0.626. The zero-order valence-corrected chi connectivity index (χ0v) is 16.0. The molecule has 1 saturated carbocycles. The van der Waals surface area contributed by atoms with E-state index in [4.69, 9.17) is 4.74 Å². The average molecular weight is 371 g/mol. The molecule has 0 unspecified atom stereocenters. The number of aromatic nitrogens is 3. The molecule has 0 N–H and O–H groups in total. The molecule has 26 heavy (non-hydrogen) atoms. The lowest BCUT2D eigenvalue weighted by atomic mass is 10.1. The molecule has 6 heteroatoms. The highest BCUT2D eigenvalue weighted by molar-refractivity contribution is 7.99. The van der Waals surface area contributed by atoms with Crippen molar-refractivity contribution in [1.29, 1.82) is 0 Å². The summed E-state index contributed by atoms with van der Waals surface area (Å²) >= 11 is 1.86. The van der Waals surface area contributed by atoms with Crippen LogP contribution in [0.2, 0.25) is 0 Å². The van der Waals surface area contributed by atoms with Crippen LogP contribution in [0.25, 0.3) is 0 Å². The van der Waals surface area contributed by atoms with Gasteiger partial charge in [0.1, 0.15) is 5.75 Å². The largest absolute Gasteiger partial charge is 0.493 e. The van der Waals surface area contributed by atoms with Crippen molar-refractivity contribution in [3.05, 3.63) is 29.3 Å². The standard InChI is InChI=1S/C20H26N4OS/c1-2-10-23(11-3-1)19-21-22-20(24(19)17-5-6-17)26-13-9-15-4-7-18-16(14-15)8-12-25-18/h4,7,14,17H,1-3,5-6,8-13H2. The van der Waals surface area contributed by atoms with Gasteiger partial charge >= 0.3 is 0 Å². The Labute approximate surface area is 159 Å². The number of rotatable bonds is 6. The number of fused-ring (bicyclic) bond motifs is 1. The van der Waals surface area contributed by atoms with Crippen molar-refractivity contribution in [2.45, 2.75) is 56.1 Å². The van der Waals surface area contributed by atoms with Crippen LogP contribution in [-0.4, -0.2) is 40.2 Å². The van der Waals surface area contributed by atoms with Gasteiger partial charge in [-0.05, 0) is 55.7 Å². The second-order valence-electron chi connectivity index (χ2n) is 7.57. The molecular formula is C20H26N4OS. The van der Waals surface area contributed by atoms with Gasteiger partial charge in [0, 0.05) is 31.3 Å². The second-order valence-corrected chi connectivity index (χ2v) is 8.63. The zero-order chi connectivity index (χ0) is 17.3. The van der Waals surface area contributed by atoms with Crippen LogP contribution in [0.4, 0.5) is 5.95 Å². The van der Waals surface area contributed by atoms with Crippen molar-refractivity contribution in [1.82, 2.24) is 14.8 Å². The minimum absolute atomic E-state index is 0.626. The van der Waals surface area contributed by atoms with Crippen molar-refractivity contribution < 1.29 is 4.74 Å². The topological polar surface area (TPSA) is 43.2 Å². The first-order valence-electron chi connectivity index (χ1n) is 9.96. The van der Waals surface area contributed by atoms with Crippen LogP contribution in [0.15, 0.2) is 23.4 Å². The maximum Gasteiger partial charge on any atom is 0.228 e. The van der Waals surface area contributed by atoms with Crippen molar-refractivity contribution in [2.75, 3.05) is 30.3 Å². The minimum Gasteiger partial charge on any atom is -0.493 e. The Bertz CT molecular complexity index is 780. The number of nitrogens with zero attached hydrogens (tertiary/aromatic N) is 4. The maximum absolute atomic E-state index is 5.61. The SMILES string of the molecule is c1cc2c(cc1CCSc1nnc(N3CCCCC3)n1C1CC1)CCO2. The van der Waals surface area contributed by atoms with E-state index < -0.39 is 0 Å².